The van der Waals surface area contributed by atoms with Crippen LogP contribution in [-0.4, -0.2) is 23.5 Å². The van der Waals surface area contributed by atoms with Crippen LogP contribution in [0.1, 0.15) is 11.3 Å². The standard InChI is InChI=1S/C13H14N2/c1-9-13-10-5-3-4-6-11(10)14-12(13)7-8-15(9)2/h3-6,14H,1,7-8H2,2H3. The molecule has 0 saturated heterocycles. The zero-order valence-corrected chi connectivity index (χ0v) is 8.88. The largest absolute Gasteiger partial charge is 0.374 e. The van der Waals surface area contributed by atoms with Crippen molar-refractivity contribution in [1.29, 1.82) is 0 Å². The fourth-order valence-electron chi connectivity index (χ4n) is 2.32. The van der Waals surface area contributed by atoms with Crippen LogP contribution in [0, 0.1) is 0 Å². The molecule has 2 heteroatoms. The Kier molecular flexibility index (Phi) is 1.66. The van der Waals surface area contributed by atoms with E-state index in [0.717, 1.165) is 18.7 Å². The normalized spacial score (nSPS) is 15.8. The van der Waals surface area contributed by atoms with E-state index in [2.05, 4.69) is 47.8 Å². The third-order valence-electron chi connectivity index (χ3n) is 3.23. The first-order valence-electron chi connectivity index (χ1n) is 5.27. The summed E-state index contributed by atoms with van der Waals surface area (Å²) in [4.78, 5) is 5.70. The molecule has 1 aromatic carbocycles. The van der Waals surface area contributed by atoms with Crippen molar-refractivity contribution in [3.8, 4) is 0 Å². The third kappa shape index (κ3) is 1.11. The number of fused-ring (bicyclic) bond motifs is 3. The average molecular weight is 198 g/mol. The molecule has 1 aromatic heterocycles. The lowest BCUT2D eigenvalue weighted by molar-refractivity contribution is 0.468. The average Bonchev–Trinajstić information content (AvgIpc) is 2.62. The van der Waals surface area contributed by atoms with Crippen LogP contribution in [0.2, 0.25) is 0 Å². The highest BCUT2D eigenvalue weighted by Gasteiger charge is 2.20. The van der Waals surface area contributed by atoms with E-state index in [-0.39, 0.29) is 0 Å². The minimum atomic E-state index is 1.05. The number of para-hydroxylation sites is 1. The van der Waals surface area contributed by atoms with E-state index in [0.29, 0.717) is 0 Å². The Hall–Kier alpha value is -1.70. The van der Waals surface area contributed by atoms with Gasteiger partial charge >= 0.3 is 0 Å². The van der Waals surface area contributed by atoms with Gasteiger partial charge in [-0.1, -0.05) is 24.8 Å². The van der Waals surface area contributed by atoms with E-state index in [9.17, 15) is 0 Å². The number of nitrogens with zero attached hydrogens (tertiary/aromatic N) is 1. The first-order valence-corrected chi connectivity index (χ1v) is 5.27. The molecule has 2 nitrogen and oxygen atoms in total. The van der Waals surface area contributed by atoms with Gasteiger partial charge in [-0.2, -0.15) is 0 Å². The summed E-state index contributed by atoms with van der Waals surface area (Å²) in [5.74, 6) is 0. The summed E-state index contributed by atoms with van der Waals surface area (Å²) in [6.07, 6.45) is 1.08. The van der Waals surface area contributed by atoms with Crippen molar-refractivity contribution in [2.75, 3.05) is 13.6 Å². The molecule has 2 heterocycles. The van der Waals surface area contributed by atoms with Crippen LogP contribution in [0.3, 0.4) is 0 Å². The quantitative estimate of drug-likeness (QED) is 0.689. The summed E-state index contributed by atoms with van der Waals surface area (Å²) in [6.45, 7) is 5.22. The Labute approximate surface area is 89.2 Å². The third-order valence-corrected chi connectivity index (χ3v) is 3.23. The van der Waals surface area contributed by atoms with Crippen molar-refractivity contribution in [3.63, 3.8) is 0 Å². The lowest BCUT2D eigenvalue weighted by Gasteiger charge is -2.27. The highest BCUT2D eigenvalue weighted by atomic mass is 15.1. The first kappa shape index (κ1) is 8.60. The molecule has 1 aliphatic heterocycles. The molecule has 1 aliphatic rings. The highest BCUT2D eigenvalue weighted by Crippen LogP contribution is 2.32. The maximum Gasteiger partial charge on any atom is 0.0463 e. The van der Waals surface area contributed by atoms with Gasteiger partial charge in [0.2, 0.25) is 0 Å². The number of aromatic nitrogens is 1. The molecule has 0 fully saturated rings. The summed E-state index contributed by atoms with van der Waals surface area (Å²) < 4.78 is 0. The van der Waals surface area contributed by atoms with Crippen LogP contribution in [-0.2, 0) is 6.42 Å². The van der Waals surface area contributed by atoms with Gasteiger partial charge in [0.15, 0.2) is 0 Å². The second-order valence-electron chi connectivity index (χ2n) is 4.14. The first-order chi connectivity index (χ1) is 7.27. The second-order valence-corrected chi connectivity index (χ2v) is 4.14. The van der Waals surface area contributed by atoms with Gasteiger partial charge in [-0.25, -0.2) is 0 Å². The number of H-pyrrole nitrogens is 1. The van der Waals surface area contributed by atoms with Crippen LogP contribution >= 0.6 is 0 Å². The minimum Gasteiger partial charge on any atom is -0.374 e. The SMILES string of the molecule is C=C1c2c([nH]c3ccccc23)CCN1C. The fourth-order valence-corrected chi connectivity index (χ4v) is 2.32. The van der Waals surface area contributed by atoms with Gasteiger partial charge < -0.3 is 9.88 Å². The molecule has 76 valence electrons. The minimum absolute atomic E-state index is 1.05. The van der Waals surface area contributed by atoms with Crippen molar-refractivity contribution in [2.24, 2.45) is 0 Å². The van der Waals surface area contributed by atoms with E-state index in [4.69, 9.17) is 0 Å². The zero-order chi connectivity index (χ0) is 10.4. The maximum atomic E-state index is 4.16. The van der Waals surface area contributed by atoms with E-state index in [1.54, 1.807) is 0 Å². The summed E-state index contributed by atoms with van der Waals surface area (Å²) >= 11 is 0. The molecular weight excluding hydrogens is 184 g/mol. The van der Waals surface area contributed by atoms with E-state index in [1.165, 1.54) is 22.2 Å². The van der Waals surface area contributed by atoms with Gasteiger partial charge in [0.05, 0.1) is 0 Å². The van der Waals surface area contributed by atoms with Gasteiger partial charge in [-0.05, 0) is 6.07 Å². The number of hydrogen-bond donors (Lipinski definition) is 1. The fraction of sp³-hybridized carbons (Fsp3) is 0.231. The Morgan fingerprint density at radius 3 is 3.00 bits per heavy atom. The topological polar surface area (TPSA) is 19.0 Å². The number of likely N-dealkylation sites (N-methyl/N-ethyl adjacent to an activating group) is 1. The van der Waals surface area contributed by atoms with Gasteiger partial charge in [-0.15, -0.1) is 0 Å². The number of hydrogen-bond acceptors (Lipinski definition) is 1. The molecule has 0 bridgehead atoms. The van der Waals surface area contributed by atoms with E-state index < -0.39 is 0 Å². The summed E-state index contributed by atoms with van der Waals surface area (Å²) in [5.41, 5.74) is 4.99. The van der Waals surface area contributed by atoms with Crippen molar-refractivity contribution in [1.82, 2.24) is 9.88 Å². The van der Waals surface area contributed by atoms with Gasteiger partial charge in [-0.3, -0.25) is 0 Å². The van der Waals surface area contributed by atoms with E-state index in [1.807, 2.05) is 0 Å². The Morgan fingerprint density at radius 1 is 1.33 bits per heavy atom. The molecular formula is C13H14N2. The Bertz CT molecular complexity index is 536. The van der Waals surface area contributed by atoms with Crippen molar-refractivity contribution < 1.29 is 0 Å². The van der Waals surface area contributed by atoms with Crippen molar-refractivity contribution in [3.05, 3.63) is 42.1 Å². The predicted octanol–water partition coefficient (Wildman–Crippen LogP) is 2.63. The molecule has 1 N–H and O–H groups in total. The molecule has 0 atom stereocenters. The zero-order valence-electron chi connectivity index (χ0n) is 8.88. The van der Waals surface area contributed by atoms with Crippen molar-refractivity contribution >= 4 is 16.6 Å². The lowest BCUT2D eigenvalue weighted by atomic mass is 10.0. The molecule has 0 saturated carbocycles. The Balaban J connectivity index is 2.34. The van der Waals surface area contributed by atoms with Gasteiger partial charge in [0.25, 0.3) is 0 Å². The molecule has 0 unspecified atom stereocenters. The summed E-state index contributed by atoms with van der Waals surface area (Å²) in [5, 5.41) is 1.30. The maximum absolute atomic E-state index is 4.16. The molecule has 2 aromatic rings. The van der Waals surface area contributed by atoms with Crippen LogP contribution < -0.4 is 0 Å². The number of aromatic amines is 1. The van der Waals surface area contributed by atoms with Crippen LogP contribution in [0.15, 0.2) is 30.8 Å². The highest BCUT2D eigenvalue weighted by molar-refractivity contribution is 5.93. The molecule has 15 heavy (non-hydrogen) atoms. The van der Waals surface area contributed by atoms with Crippen LogP contribution in [0.4, 0.5) is 0 Å². The van der Waals surface area contributed by atoms with Gasteiger partial charge in [0, 0.05) is 47.9 Å². The van der Waals surface area contributed by atoms with E-state index >= 15 is 0 Å². The lowest BCUT2D eigenvalue weighted by Crippen LogP contribution is -2.24. The second kappa shape index (κ2) is 2.89. The monoisotopic (exact) mass is 198 g/mol. The number of rotatable bonds is 0. The predicted molar refractivity (Wildman–Crippen MR) is 63.7 cm³/mol. The molecule has 0 aliphatic carbocycles. The van der Waals surface area contributed by atoms with Crippen LogP contribution in [0.25, 0.3) is 16.6 Å². The van der Waals surface area contributed by atoms with Crippen molar-refractivity contribution in [2.45, 2.75) is 6.42 Å². The number of nitrogens with one attached hydrogen (secondary N) is 1. The molecule has 0 amide bonds. The summed E-state index contributed by atoms with van der Waals surface area (Å²) in [7, 11) is 2.10. The van der Waals surface area contributed by atoms with Crippen LogP contribution in [0.5, 0.6) is 0 Å². The molecule has 0 spiro atoms. The number of benzene rings is 1. The molecule has 0 radical (unpaired) electrons. The smallest absolute Gasteiger partial charge is 0.0463 e. The Morgan fingerprint density at radius 2 is 2.13 bits per heavy atom. The molecule has 3 rings (SSSR count). The van der Waals surface area contributed by atoms with Gasteiger partial charge in [0.1, 0.15) is 0 Å². The summed E-state index contributed by atoms with van der Waals surface area (Å²) in [6, 6.07) is 8.44.